The minimum absolute atomic E-state index is 0.0755. The predicted molar refractivity (Wildman–Crippen MR) is 119 cm³/mol. The second-order valence-corrected chi connectivity index (χ2v) is 9.08. The van der Waals surface area contributed by atoms with Crippen molar-refractivity contribution in [3.8, 4) is 0 Å². The molecule has 0 aliphatic carbocycles. The first-order valence-corrected chi connectivity index (χ1v) is 11.1. The topological polar surface area (TPSA) is 84.0 Å². The molecule has 0 radical (unpaired) electrons. The molecule has 6 nitrogen and oxygen atoms in total. The number of anilines is 3. The predicted octanol–water partition coefficient (Wildman–Crippen LogP) is 5.59. The van der Waals surface area contributed by atoms with Crippen LogP contribution in [0.1, 0.15) is 0 Å². The van der Waals surface area contributed by atoms with Crippen LogP contribution in [0.15, 0.2) is 82.2 Å². The Bertz CT molecular complexity index is 1300. The number of nitrogens with one attached hydrogen (secondary N) is 2. The molecule has 0 aliphatic rings. The number of halogens is 2. The first-order valence-electron chi connectivity index (χ1n) is 8.49. The van der Waals surface area contributed by atoms with Crippen molar-refractivity contribution in [1.82, 2.24) is 9.97 Å². The maximum atomic E-state index is 12.9. The molecule has 0 atom stereocenters. The smallest absolute Gasteiger partial charge is 0.263 e. The van der Waals surface area contributed by atoms with Gasteiger partial charge in [-0.1, -0.05) is 51.8 Å². The second kappa shape index (κ2) is 7.98. The lowest BCUT2D eigenvalue weighted by Crippen LogP contribution is -2.16. The number of hydrogen-bond acceptors (Lipinski definition) is 5. The van der Waals surface area contributed by atoms with Gasteiger partial charge in [-0.2, -0.15) is 0 Å². The Morgan fingerprint density at radius 2 is 1.38 bits per heavy atom. The molecule has 0 fully saturated rings. The number of nitrogens with zero attached hydrogens (tertiary/aromatic N) is 2. The first kappa shape index (κ1) is 19.6. The van der Waals surface area contributed by atoms with Crippen molar-refractivity contribution in [3.05, 3.63) is 82.3 Å². The highest BCUT2D eigenvalue weighted by Crippen LogP contribution is 2.30. The average Bonchev–Trinajstić information content (AvgIpc) is 2.70. The molecular formula is C20H14BrClN4O2S. The van der Waals surface area contributed by atoms with Gasteiger partial charge in [-0.05, 0) is 48.5 Å². The number of sulfonamides is 1. The van der Waals surface area contributed by atoms with Gasteiger partial charge in [-0.25, -0.2) is 18.4 Å². The highest BCUT2D eigenvalue weighted by atomic mass is 79.9. The summed E-state index contributed by atoms with van der Waals surface area (Å²) in [6.07, 6.45) is 0. The molecule has 0 saturated carbocycles. The lowest BCUT2D eigenvalue weighted by molar-refractivity contribution is 0.601. The van der Waals surface area contributed by atoms with Crippen LogP contribution in [0.4, 0.5) is 17.3 Å². The number of aromatic nitrogens is 2. The molecule has 0 saturated heterocycles. The molecule has 9 heteroatoms. The Morgan fingerprint density at radius 3 is 2.03 bits per heavy atom. The summed E-state index contributed by atoms with van der Waals surface area (Å²) in [6.45, 7) is 0. The van der Waals surface area contributed by atoms with Crippen molar-refractivity contribution in [3.63, 3.8) is 0 Å². The van der Waals surface area contributed by atoms with Crippen LogP contribution in [0.25, 0.3) is 11.0 Å². The summed E-state index contributed by atoms with van der Waals surface area (Å²) in [5.41, 5.74) is 1.77. The Hall–Kier alpha value is -2.68. The van der Waals surface area contributed by atoms with E-state index in [9.17, 15) is 8.42 Å². The maximum Gasteiger partial charge on any atom is 0.263 e. The molecule has 29 heavy (non-hydrogen) atoms. The number of para-hydroxylation sites is 3. The molecule has 0 bridgehead atoms. The molecule has 0 amide bonds. The summed E-state index contributed by atoms with van der Waals surface area (Å²) < 4.78 is 29.1. The van der Waals surface area contributed by atoms with E-state index in [1.807, 2.05) is 18.2 Å². The number of fused-ring (bicyclic) bond motifs is 1. The van der Waals surface area contributed by atoms with Crippen molar-refractivity contribution in [2.24, 2.45) is 0 Å². The first-order chi connectivity index (χ1) is 13.9. The number of rotatable bonds is 5. The molecule has 0 spiro atoms. The summed E-state index contributed by atoms with van der Waals surface area (Å²) in [5.74, 6) is 0.323. The molecule has 1 aromatic heterocycles. The normalized spacial score (nSPS) is 11.4. The molecule has 2 N–H and O–H groups in total. The highest BCUT2D eigenvalue weighted by Gasteiger charge is 2.19. The molecule has 1 heterocycles. The largest absolute Gasteiger partial charge is 0.336 e. The van der Waals surface area contributed by atoms with E-state index in [0.29, 0.717) is 21.7 Å². The van der Waals surface area contributed by atoms with E-state index in [-0.39, 0.29) is 16.5 Å². The van der Waals surface area contributed by atoms with Gasteiger partial charge in [0, 0.05) is 4.47 Å². The molecule has 4 aromatic rings. The van der Waals surface area contributed by atoms with E-state index in [0.717, 1.165) is 4.47 Å². The van der Waals surface area contributed by atoms with Crippen LogP contribution in [0, 0.1) is 0 Å². The van der Waals surface area contributed by atoms with Gasteiger partial charge in [-0.15, -0.1) is 0 Å². The van der Waals surface area contributed by atoms with Crippen LogP contribution in [0.5, 0.6) is 0 Å². The van der Waals surface area contributed by atoms with Gasteiger partial charge in [0.25, 0.3) is 10.0 Å². The molecule has 0 aliphatic heterocycles. The van der Waals surface area contributed by atoms with E-state index < -0.39 is 10.0 Å². The van der Waals surface area contributed by atoms with Crippen LogP contribution in [-0.4, -0.2) is 18.4 Å². The second-order valence-electron chi connectivity index (χ2n) is 6.07. The molecule has 3 aromatic carbocycles. The van der Waals surface area contributed by atoms with E-state index in [1.165, 1.54) is 12.1 Å². The Labute approximate surface area is 181 Å². The lowest BCUT2D eigenvalue weighted by atomic mass is 10.3. The SMILES string of the molecule is O=S(=O)(Nc1nc2ccccc2nc1Nc1ccccc1Cl)c1ccc(Br)cc1. The molecule has 0 unspecified atom stereocenters. The zero-order chi connectivity index (χ0) is 20.4. The van der Waals surface area contributed by atoms with Gasteiger partial charge in [-0.3, -0.25) is 4.72 Å². The van der Waals surface area contributed by atoms with Gasteiger partial charge in [0.1, 0.15) is 0 Å². The van der Waals surface area contributed by atoms with Gasteiger partial charge in [0.05, 0.1) is 26.6 Å². The summed E-state index contributed by atoms with van der Waals surface area (Å²) in [7, 11) is -3.87. The van der Waals surface area contributed by atoms with Crippen LogP contribution in [-0.2, 0) is 10.0 Å². The Morgan fingerprint density at radius 1 is 0.793 bits per heavy atom. The number of benzene rings is 3. The van der Waals surface area contributed by atoms with Crippen molar-refractivity contribution in [2.75, 3.05) is 10.0 Å². The van der Waals surface area contributed by atoms with Gasteiger partial charge >= 0.3 is 0 Å². The Balaban J connectivity index is 1.79. The van der Waals surface area contributed by atoms with Crippen LogP contribution in [0.3, 0.4) is 0 Å². The summed E-state index contributed by atoms with van der Waals surface area (Å²) in [6, 6.07) is 20.6. The fourth-order valence-electron chi connectivity index (χ4n) is 2.65. The van der Waals surface area contributed by atoms with Crippen LogP contribution < -0.4 is 10.0 Å². The van der Waals surface area contributed by atoms with Crippen LogP contribution in [0.2, 0.25) is 5.02 Å². The van der Waals surface area contributed by atoms with E-state index >= 15 is 0 Å². The van der Waals surface area contributed by atoms with Crippen molar-refractivity contribution >= 4 is 65.9 Å². The standard InChI is InChI=1S/C20H14BrClN4O2S/c21-13-9-11-14(12-10-13)29(27,28)26-20-19(23-16-6-2-1-5-15(16)22)24-17-7-3-4-8-18(17)25-20/h1-12H,(H,23,24)(H,25,26). The maximum absolute atomic E-state index is 12.9. The van der Waals surface area contributed by atoms with Gasteiger partial charge in [0.2, 0.25) is 0 Å². The lowest BCUT2D eigenvalue weighted by Gasteiger charge is -2.14. The van der Waals surface area contributed by atoms with Crippen LogP contribution >= 0.6 is 27.5 Å². The quantitative estimate of drug-likeness (QED) is 0.382. The summed E-state index contributed by atoms with van der Waals surface area (Å²) in [5, 5.41) is 3.55. The fraction of sp³-hybridized carbons (Fsp3) is 0. The molecule has 4 rings (SSSR count). The monoisotopic (exact) mass is 488 g/mol. The van der Waals surface area contributed by atoms with Crippen molar-refractivity contribution < 1.29 is 8.42 Å². The third kappa shape index (κ3) is 4.34. The summed E-state index contributed by atoms with van der Waals surface area (Å²) >= 11 is 9.54. The third-order valence-corrected chi connectivity index (χ3v) is 6.27. The van der Waals surface area contributed by atoms with E-state index in [4.69, 9.17) is 11.6 Å². The minimum Gasteiger partial charge on any atom is -0.336 e. The minimum atomic E-state index is -3.87. The van der Waals surface area contributed by atoms with Gasteiger partial charge in [0.15, 0.2) is 11.6 Å². The zero-order valence-electron chi connectivity index (χ0n) is 14.8. The fourth-order valence-corrected chi connectivity index (χ4v) is 4.10. The zero-order valence-corrected chi connectivity index (χ0v) is 18.0. The summed E-state index contributed by atoms with van der Waals surface area (Å²) in [4.78, 5) is 9.11. The third-order valence-electron chi connectivity index (χ3n) is 4.05. The van der Waals surface area contributed by atoms with Crippen molar-refractivity contribution in [1.29, 1.82) is 0 Å². The van der Waals surface area contributed by atoms with Crippen molar-refractivity contribution in [2.45, 2.75) is 4.90 Å². The molecular weight excluding hydrogens is 476 g/mol. The van der Waals surface area contributed by atoms with E-state index in [2.05, 4.69) is 35.9 Å². The number of hydrogen-bond donors (Lipinski definition) is 2. The van der Waals surface area contributed by atoms with Gasteiger partial charge < -0.3 is 5.32 Å². The highest BCUT2D eigenvalue weighted by molar-refractivity contribution is 9.10. The van der Waals surface area contributed by atoms with E-state index in [1.54, 1.807) is 42.5 Å². The molecule has 146 valence electrons. The Kier molecular flexibility index (Phi) is 5.40. The average molecular weight is 490 g/mol.